The zero-order chi connectivity index (χ0) is 16.8. The number of amides is 1. The van der Waals surface area contributed by atoms with Gasteiger partial charge in [-0.05, 0) is 45.3 Å². The van der Waals surface area contributed by atoms with Crippen LogP contribution in [0, 0.1) is 0 Å². The number of benzene rings is 1. The van der Waals surface area contributed by atoms with Crippen LogP contribution in [-0.4, -0.2) is 55.8 Å². The molecule has 0 radical (unpaired) electrons. The molecule has 0 N–H and O–H groups in total. The summed E-state index contributed by atoms with van der Waals surface area (Å²) in [6.07, 6.45) is 0. The van der Waals surface area contributed by atoms with E-state index in [2.05, 4.69) is 38.7 Å². The summed E-state index contributed by atoms with van der Waals surface area (Å²) in [5, 5.41) is 0. The minimum Gasteiger partial charge on any atom is -0.399 e. The Morgan fingerprint density at radius 2 is 1.74 bits per heavy atom. The van der Waals surface area contributed by atoms with Crippen molar-refractivity contribution in [2.24, 2.45) is 0 Å². The van der Waals surface area contributed by atoms with Crippen LogP contribution in [0.4, 0.5) is 5.69 Å². The highest BCUT2D eigenvalue weighted by molar-refractivity contribution is 6.62. The van der Waals surface area contributed by atoms with Gasteiger partial charge in [0.25, 0.3) is 0 Å². The third kappa shape index (κ3) is 2.97. The van der Waals surface area contributed by atoms with E-state index in [1.807, 2.05) is 25.2 Å². The molecule has 0 saturated carbocycles. The third-order valence-electron chi connectivity index (χ3n) is 5.22. The number of likely N-dealkylation sites (N-methyl/N-ethyl adjacent to an activating group) is 1. The molecule has 0 spiro atoms. The van der Waals surface area contributed by atoms with E-state index in [1.165, 1.54) is 0 Å². The van der Waals surface area contributed by atoms with Gasteiger partial charge in [-0.25, -0.2) is 0 Å². The van der Waals surface area contributed by atoms with Crippen LogP contribution in [-0.2, 0) is 14.1 Å². The van der Waals surface area contributed by atoms with Crippen molar-refractivity contribution < 1.29 is 14.1 Å². The van der Waals surface area contributed by atoms with Crippen molar-refractivity contribution in [3.63, 3.8) is 0 Å². The molecule has 0 bridgehead atoms. The van der Waals surface area contributed by atoms with Crippen LogP contribution in [0.5, 0.6) is 0 Å². The largest absolute Gasteiger partial charge is 0.494 e. The number of nitrogens with zero attached hydrogens (tertiary/aromatic N) is 2. The molecule has 23 heavy (non-hydrogen) atoms. The molecule has 6 heteroatoms. The minimum absolute atomic E-state index is 0.150. The summed E-state index contributed by atoms with van der Waals surface area (Å²) >= 11 is 0. The number of rotatable bonds is 2. The lowest BCUT2D eigenvalue weighted by Crippen LogP contribution is -2.49. The van der Waals surface area contributed by atoms with Gasteiger partial charge in [0.2, 0.25) is 5.91 Å². The molecule has 0 unspecified atom stereocenters. The maximum Gasteiger partial charge on any atom is 0.494 e. The lowest BCUT2D eigenvalue weighted by Gasteiger charge is -2.33. The van der Waals surface area contributed by atoms with Gasteiger partial charge in [0, 0.05) is 25.8 Å². The predicted octanol–water partition coefficient (Wildman–Crippen LogP) is 1.26. The molecule has 2 saturated heterocycles. The Hall–Kier alpha value is -1.53. The first-order valence-corrected chi connectivity index (χ1v) is 8.14. The smallest absolute Gasteiger partial charge is 0.399 e. The summed E-state index contributed by atoms with van der Waals surface area (Å²) < 4.78 is 12.2. The number of carbonyl (C=O) groups excluding carboxylic acids is 1. The maximum absolute atomic E-state index is 11.9. The highest BCUT2D eigenvalue weighted by Crippen LogP contribution is 2.36. The molecular weight excluding hydrogens is 291 g/mol. The van der Waals surface area contributed by atoms with Crippen LogP contribution in [0.25, 0.3) is 0 Å². The highest BCUT2D eigenvalue weighted by Gasteiger charge is 2.51. The van der Waals surface area contributed by atoms with Gasteiger partial charge in [-0.3, -0.25) is 4.79 Å². The van der Waals surface area contributed by atoms with Crippen LogP contribution < -0.4 is 10.4 Å². The van der Waals surface area contributed by atoms with E-state index in [1.54, 1.807) is 4.90 Å². The molecule has 1 aromatic carbocycles. The van der Waals surface area contributed by atoms with Crippen LogP contribution in [0.15, 0.2) is 24.3 Å². The van der Waals surface area contributed by atoms with Crippen molar-refractivity contribution >= 4 is 24.2 Å². The standard InChI is InChI=1S/C17H25BN2O3/c1-16(2)17(3,4)23-18(22-16)13-7-6-8-14(11-13)20-10-9-19(5)15(21)12-20/h6-8,11H,9-10,12H2,1-5H3. The van der Waals surface area contributed by atoms with Gasteiger partial charge in [0.15, 0.2) is 0 Å². The van der Waals surface area contributed by atoms with Gasteiger partial charge < -0.3 is 19.1 Å². The molecular formula is C17H25BN2O3. The van der Waals surface area contributed by atoms with E-state index in [0.717, 1.165) is 24.2 Å². The van der Waals surface area contributed by atoms with E-state index in [9.17, 15) is 4.79 Å². The van der Waals surface area contributed by atoms with Gasteiger partial charge in [-0.1, -0.05) is 12.1 Å². The number of carbonyl (C=O) groups is 1. The Kier molecular flexibility index (Phi) is 3.93. The van der Waals surface area contributed by atoms with Gasteiger partial charge >= 0.3 is 7.12 Å². The zero-order valence-corrected chi connectivity index (χ0v) is 14.6. The molecule has 2 heterocycles. The van der Waals surface area contributed by atoms with Crippen molar-refractivity contribution in [1.29, 1.82) is 0 Å². The summed E-state index contributed by atoms with van der Waals surface area (Å²) in [6.45, 7) is 10.2. The van der Waals surface area contributed by atoms with Crippen molar-refractivity contribution in [3.05, 3.63) is 24.3 Å². The molecule has 0 aromatic heterocycles. The van der Waals surface area contributed by atoms with Crippen LogP contribution in [0.3, 0.4) is 0 Å². The summed E-state index contributed by atoms with van der Waals surface area (Å²) in [6, 6.07) is 8.12. The average molecular weight is 316 g/mol. The molecule has 1 amide bonds. The molecule has 5 nitrogen and oxygen atoms in total. The first kappa shape index (κ1) is 16.3. The van der Waals surface area contributed by atoms with Crippen molar-refractivity contribution in [2.45, 2.75) is 38.9 Å². The zero-order valence-electron chi connectivity index (χ0n) is 14.6. The van der Waals surface area contributed by atoms with Crippen LogP contribution >= 0.6 is 0 Å². The Morgan fingerprint density at radius 1 is 1.09 bits per heavy atom. The first-order valence-electron chi connectivity index (χ1n) is 8.14. The van der Waals surface area contributed by atoms with E-state index in [4.69, 9.17) is 9.31 Å². The Morgan fingerprint density at radius 3 is 2.35 bits per heavy atom. The second-order valence-electron chi connectivity index (χ2n) is 7.42. The minimum atomic E-state index is -0.372. The number of hydrogen-bond acceptors (Lipinski definition) is 4. The summed E-state index contributed by atoms with van der Waals surface area (Å²) in [5.41, 5.74) is 1.33. The Bertz CT molecular complexity index is 602. The molecule has 2 aliphatic rings. The quantitative estimate of drug-likeness (QED) is 0.771. The van der Waals surface area contributed by atoms with Gasteiger partial charge in [-0.15, -0.1) is 0 Å². The maximum atomic E-state index is 11.9. The number of piperazine rings is 1. The third-order valence-corrected chi connectivity index (χ3v) is 5.22. The number of anilines is 1. The summed E-state index contributed by atoms with van der Waals surface area (Å²) in [4.78, 5) is 15.8. The van der Waals surface area contributed by atoms with Crippen molar-refractivity contribution in [1.82, 2.24) is 4.90 Å². The average Bonchev–Trinajstić information content (AvgIpc) is 2.71. The number of hydrogen-bond donors (Lipinski definition) is 0. The fourth-order valence-electron chi connectivity index (χ4n) is 2.83. The lowest BCUT2D eigenvalue weighted by atomic mass is 9.79. The molecule has 3 rings (SSSR count). The van der Waals surface area contributed by atoms with E-state index >= 15 is 0 Å². The van der Waals surface area contributed by atoms with Crippen LogP contribution in [0.2, 0.25) is 0 Å². The molecule has 0 atom stereocenters. The summed E-state index contributed by atoms with van der Waals surface area (Å²) in [5.74, 6) is 0.150. The summed E-state index contributed by atoms with van der Waals surface area (Å²) in [7, 11) is 1.48. The SMILES string of the molecule is CN1CCN(c2cccc(B3OC(C)(C)C(C)(C)O3)c2)CC1=O. The van der Waals surface area contributed by atoms with Gasteiger partial charge in [0.1, 0.15) is 0 Å². The lowest BCUT2D eigenvalue weighted by molar-refractivity contribution is -0.129. The second-order valence-corrected chi connectivity index (χ2v) is 7.42. The molecule has 0 aliphatic carbocycles. The normalized spacial score (nSPS) is 23.5. The first-order chi connectivity index (χ1) is 10.7. The predicted molar refractivity (Wildman–Crippen MR) is 92.0 cm³/mol. The molecule has 2 fully saturated rings. The highest BCUT2D eigenvalue weighted by atomic mass is 16.7. The van der Waals surface area contributed by atoms with Gasteiger partial charge in [0.05, 0.1) is 17.7 Å². The molecule has 124 valence electrons. The Balaban J connectivity index is 1.80. The Labute approximate surface area is 138 Å². The van der Waals surface area contributed by atoms with Crippen molar-refractivity contribution in [3.8, 4) is 0 Å². The molecule has 1 aromatic rings. The van der Waals surface area contributed by atoms with Gasteiger partial charge in [-0.2, -0.15) is 0 Å². The van der Waals surface area contributed by atoms with E-state index < -0.39 is 0 Å². The second kappa shape index (κ2) is 5.53. The molecule has 2 aliphatic heterocycles. The van der Waals surface area contributed by atoms with Crippen molar-refractivity contribution in [2.75, 3.05) is 31.6 Å². The monoisotopic (exact) mass is 316 g/mol. The fourth-order valence-corrected chi connectivity index (χ4v) is 2.83. The van der Waals surface area contributed by atoms with Crippen LogP contribution in [0.1, 0.15) is 27.7 Å². The van der Waals surface area contributed by atoms with E-state index in [-0.39, 0.29) is 24.2 Å². The van der Waals surface area contributed by atoms with E-state index in [0.29, 0.717) is 6.54 Å². The topological polar surface area (TPSA) is 42.0 Å². The fraction of sp³-hybridized carbons (Fsp3) is 0.588.